The molecule has 140 valence electrons. The first-order valence-electron chi connectivity index (χ1n) is 9.22. The molecule has 5 rings (SSSR count). The molecule has 0 atom stereocenters. The van der Waals surface area contributed by atoms with Crippen LogP contribution < -0.4 is 0 Å². The zero-order chi connectivity index (χ0) is 19.1. The molecule has 0 saturated heterocycles. The van der Waals surface area contributed by atoms with Crippen LogP contribution in [-0.4, -0.2) is 37.0 Å². The summed E-state index contributed by atoms with van der Waals surface area (Å²) in [6.45, 7) is 0.263. The number of rotatable bonds is 5. The first-order chi connectivity index (χ1) is 13.7. The van der Waals surface area contributed by atoms with Crippen molar-refractivity contribution in [3.05, 3.63) is 71.9 Å². The normalized spacial score (nSPS) is 13.8. The van der Waals surface area contributed by atoms with Crippen LogP contribution in [0.15, 0.2) is 54.9 Å². The number of benzene rings is 1. The molecule has 1 aliphatic rings. The van der Waals surface area contributed by atoms with E-state index in [1.807, 2.05) is 12.1 Å². The second kappa shape index (κ2) is 6.60. The monoisotopic (exact) mass is 375 g/mol. The van der Waals surface area contributed by atoms with E-state index in [9.17, 15) is 9.18 Å². The summed E-state index contributed by atoms with van der Waals surface area (Å²) in [5.41, 5.74) is 3.29. The Morgan fingerprint density at radius 2 is 2.07 bits per heavy atom. The summed E-state index contributed by atoms with van der Waals surface area (Å²) in [4.78, 5) is 22.6. The lowest BCUT2D eigenvalue weighted by atomic mass is 10.2. The van der Waals surface area contributed by atoms with Gasteiger partial charge < -0.3 is 9.88 Å². The SMILES string of the molecule is O=C(c1cc2ccc(-c3cn[nH]c3)nc2[nH]1)N(Cc1ccccc1F)C1CC1. The minimum atomic E-state index is -0.288. The number of carbonyl (C=O) groups excluding carboxylic acids is 1. The van der Waals surface area contributed by atoms with Crippen LogP contribution in [-0.2, 0) is 6.54 Å². The molecule has 2 N–H and O–H groups in total. The number of hydrogen-bond acceptors (Lipinski definition) is 3. The van der Waals surface area contributed by atoms with Crippen molar-refractivity contribution >= 4 is 16.9 Å². The van der Waals surface area contributed by atoms with Crippen LogP contribution >= 0.6 is 0 Å². The van der Waals surface area contributed by atoms with Crippen LogP contribution in [0.4, 0.5) is 4.39 Å². The van der Waals surface area contributed by atoms with E-state index >= 15 is 0 Å². The number of amides is 1. The summed E-state index contributed by atoms with van der Waals surface area (Å²) in [6.07, 6.45) is 5.37. The van der Waals surface area contributed by atoms with Gasteiger partial charge in [-0.1, -0.05) is 18.2 Å². The molecule has 1 saturated carbocycles. The third-order valence-electron chi connectivity index (χ3n) is 5.05. The second-order valence-electron chi connectivity index (χ2n) is 7.06. The fourth-order valence-electron chi connectivity index (χ4n) is 3.39. The third-order valence-corrected chi connectivity index (χ3v) is 5.05. The zero-order valence-corrected chi connectivity index (χ0v) is 15.0. The summed E-state index contributed by atoms with van der Waals surface area (Å²) in [7, 11) is 0. The van der Waals surface area contributed by atoms with Gasteiger partial charge in [-0.05, 0) is 37.1 Å². The van der Waals surface area contributed by atoms with Crippen molar-refractivity contribution < 1.29 is 9.18 Å². The van der Waals surface area contributed by atoms with Gasteiger partial charge in [0.2, 0.25) is 0 Å². The predicted molar refractivity (Wildman–Crippen MR) is 103 cm³/mol. The number of hydrogen-bond donors (Lipinski definition) is 2. The van der Waals surface area contributed by atoms with Gasteiger partial charge in [0.15, 0.2) is 0 Å². The Morgan fingerprint density at radius 1 is 1.21 bits per heavy atom. The van der Waals surface area contributed by atoms with E-state index in [0.29, 0.717) is 16.9 Å². The van der Waals surface area contributed by atoms with Crippen LogP contribution in [0.2, 0.25) is 0 Å². The highest BCUT2D eigenvalue weighted by molar-refractivity contribution is 5.97. The predicted octanol–water partition coefficient (Wildman–Crippen LogP) is 3.90. The van der Waals surface area contributed by atoms with Crippen molar-refractivity contribution in [2.45, 2.75) is 25.4 Å². The fourth-order valence-corrected chi connectivity index (χ4v) is 3.39. The lowest BCUT2D eigenvalue weighted by Crippen LogP contribution is -2.33. The maximum absolute atomic E-state index is 14.1. The summed E-state index contributed by atoms with van der Waals surface area (Å²) in [5.74, 6) is -0.419. The Morgan fingerprint density at radius 3 is 2.82 bits per heavy atom. The maximum Gasteiger partial charge on any atom is 0.270 e. The molecule has 1 amide bonds. The number of aromatic nitrogens is 4. The van der Waals surface area contributed by atoms with Crippen LogP contribution in [0, 0.1) is 5.82 Å². The zero-order valence-electron chi connectivity index (χ0n) is 15.0. The Bertz CT molecular complexity index is 1150. The van der Waals surface area contributed by atoms with Crippen LogP contribution in [0.1, 0.15) is 28.9 Å². The molecular formula is C21H18FN5O. The van der Waals surface area contributed by atoms with Crippen molar-refractivity contribution in [2.24, 2.45) is 0 Å². The third kappa shape index (κ3) is 3.05. The van der Waals surface area contributed by atoms with Crippen molar-refractivity contribution in [1.82, 2.24) is 25.1 Å². The molecule has 0 bridgehead atoms. The first kappa shape index (κ1) is 16.7. The minimum Gasteiger partial charge on any atom is -0.335 e. The molecule has 0 spiro atoms. The Labute approximate surface area is 160 Å². The quantitative estimate of drug-likeness (QED) is 0.555. The molecule has 0 radical (unpaired) electrons. The molecule has 7 heteroatoms. The van der Waals surface area contributed by atoms with E-state index in [-0.39, 0.29) is 24.3 Å². The molecule has 3 aromatic heterocycles. The van der Waals surface area contributed by atoms with Crippen LogP contribution in [0.25, 0.3) is 22.3 Å². The first-order valence-corrected chi connectivity index (χ1v) is 9.22. The van der Waals surface area contributed by atoms with Gasteiger partial charge in [-0.25, -0.2) is 9.37 Å². The Balaban J connectivity index is 1.46. The molecule has 6 nitrogen and oxygen atoms in total. The number of aromatic amines is 2. The standard InChI is InChI=1S/C21H18FN5O/c22-17-4-2-1-3-14(17)12-27(16-6-7-16)21(28)19-9-13-5-8-18(25-20(13)26-19)15-10-23-24-11-15/h1-5,8-11,16H,6-7,12H2,(H,23,24)(H,25,26). The van der Waals surface area contributed by atoms with Gasteiger partial charge in [0.1, 0.15) is 17.2 Å². The molecule has 0 aliphatic heterocycles. The van der Waals surface area contributed by atoms with Crippen molar-refractivity contribution in [1.29, 1.82) is 0 Å². The highest BCUT2D eigenvalue weighted by Gasteiger charge is 2.34. The lowest BCUT2D eigenvalue weighted by molar-refractivity contribution is 0.0723. The fraction of sp³-hybridized carbons (Fsp3) is 0.190. The van der Waals surface area contributed by atoms with Crippen molar-refractivity contribution in [3.8, 4) is 11.3 Å². The highest BCUT2D eigenvalue weighted by atomic mass is 19.1. The van der Waals surface area contributed by atoms with Crippen LogP contribution in [0.5, 0.6) is 0 Å². The average Bonchev–Trinajstić information content (AvgIpc) is 3.23. The summed E-state index contributed by atoms with van der Waals surface area (Å²) < 4.78 is 14.1. The van der Waals surface area contributed by atoms with E-state index in [1.54, 1.807) is 41.6 Å². The van der Waals surface area contributed by atoms with Gasteiger partial charge in [-0.3, -0.25) is 9.89 Å². The van der Waals surface area contributed by atoms with Crippen molar-refractivity contribution in [3.63, 3.8) is 0 Å². The van der Waals surface area contributed by atoms with Gasteiger partial charge >= 0.3 is 0 Å². The number of carbonyl (C=O) groups is 1. The summed E-state index contributed by atoms with van der Waals surface area (Å²) in [5, 5.41) is 7.57. The van der Waals surface area contributed by atoms with Gasteiger partial charge in [-0.2, -0.15) is 5.10 Å². The summed E-state index contributed by atoms with van der Waals surface area (Å²) >= 11 is 0. The molecule has 1 aliphatic carbocycles. The number of nitrogens with zero attached hydrogens (tertiary/aromatic N) is 3. The highest BCUT2D eigenvalue weighted by Crippen LogP contribution is 2.31. The van der Waals surface area contributed by atoms with Crippen LogP contribution in [0.3, 0.4) is 0 Å². The van der Waals surface area contributed by atoms with Crippen molar-refractivity contribution in [2.75, 3.05) is 0 Å². The second-order valence-corrected chi connectivity index (χ2v) is 7.06. The lowest BCUT2D eigenvalue weighted by Gasteiger charge is -2.22. The largest absolute Gasteiger partial charge is 0.335 e. The molecule has 28 heavy (non-hydrogen) atoms. The van der Waals surface area contributed by atoms with E-state index in [1.165, 1.54) is 6.07 Å². The van der Waals surface area contributed by atoms with Gasteiger partial charge in [0, 0.05) is 35.3 Å². The van der Waals surface area contributed by atoms with Gasteiger partial charge in [0.05, 0.1) is 11.9 Å². The number of H-pyrrole nitrogens is 2. The van der Waals surface area contributed by atoms with Gasteiger partial charge in [0.25, 0.3) is 5.91 Å². The van der Waals surface area contributed by atoms with E-state index in [2.05, 4.69) is 20.2 Å². The molecule has 1 aromatic carbocycles. The minimum absolute atomic E-state index is 0.131. The number of nitrogens with one attached hydrogen (secondary N) is 2. The topological polar surface area (TPSA) is 77.7 Å². The summed E-state index contributed by atoms with van der Waals surface area (Å²) in [6, 6.07) is 12.4. The van der Waals surface area contributed by atoms with E-state index in [4.69, 9.17) is 0 Å². The molecule has 1 fully saturated rings. The molecule has 3 heterocycles. The molecule has 4 aromatic rings. The Hall–Kier alpha value is -3.48. The van der Waals surface area contributed by atoms with E-state index in [0.717, 1.165) is 29.5 Å². The number of pyridine rings is 1. The smallest absolute Gasteiger partial charge is 0.270 e. The van der Waals surface area contributed by atoms with Gasteiger partial charge in [-0.15, -0.1) is 0 Å². The average molecular weight is 375 g/mol. The number of halogens is 1. The number of fused-ring (bicyclic) bond motifs is 1. The Kier molecular flexibility index (Phi) is 3.93. The molecule has 0 unspecified atom stereocenters. The molecular weight excluding hydrogens is 357 g/mol. The van der Waals surface area contributed by atoms with E-state index < -0.39 is 0 Å². The maximum atomic E-state index is 14.1.